The fraction of sp³-hybridized carbons (Fsp3) is 0.647. The molecule has 0 aromatic carbocycles. The molecule has 1 aromatic heterocycles. The smallest absolute Gasteiger partial charge is 0.225 e. The lowest BCUT2D eigenvalue weighted by Gasteiger charge is -2.42. The van der Waals surface area contributed by atoms with Crippen molar-refractivity contribution in [3.05, 3.63) is 18.0 Å². The number of alkyl halides is 1. The van der Waals surface area contributed by atoms with Crippen molar-refractivity contribution in [3.8, 4) is 0 Å². The molecule has 0 spiro atoms. The molecule has 25 heavy (non-hydrogen) atoms. The zero-order valence-corrected chi connectivity index (χ0v) is 15.0. The Labute approximate surface area is 152 Å². The maximum Gasteiger partial charge on any atom is 0.225 e. The fourth-order valence-corrected chi connectivity index (χ4v) is 4.21. The second-order valence-electron chi connectivity index (χ2n) is 7.08. The van der Waals surface area contributed by atoms with Crippen LogP contribution >= 0.6 is 11.6 Å². The number of nitrogens with two attached hydrogens (primary N) is 1. The molecule has 7 nitrogen and oxygen atoms in total. The molecule has 2 heterocycles. The van der Waals surface area contributed by atoms with E-state index < -0.39 is 5.91 Å². The number of hydrogen-bond donors (Lipinski definition) is 3. The summed E-state index contributed by atoms with van der Waals surface area (Å²) in [6, 6.07) is 1.78. The second-order valence-corrected chi connectivity index (χ2v) is 7.69. The Balaban J connectivity index is 1.65. The van der Waals surface area contributed by atoms with Crippen LogP contribution in [-0.2, 0) is 16.0 Å². The van der Waals surface area contributed by atoms with Gasteiger partial charge in [-0.2, -0.15) is 0 Å². The molecule has 3 rings (SSSR count). The van der Waals surface area contributed by atoms with Gasteiger partial charge in [0, 0.05) is 23.7 Å². The Hall–Kier alpha value is -1.89. The largest absolute Gasteiger partial charge is 0.369 e. The number of fused-ring (bicyclic) bond motifs is 1. The minimum Gasteiger partial charge on any atom is -0.369 e. The number of aromatic nitrogens is 2. The fourth-order valence-electron chi connectivity index (χ4n) is 3.86. The maximum absolute atomic E-state index is 12.5. The van der Waals surface area contributed by atoms with Gasteiger partial charge in [-0.1, -0.05) is 0 Å². The van der Waals surface area contributed by atoms with E-state index in [2.05, 4.69) is 20.6 Å². The third kappa shape index (κ3) is 4.39. The zero-order chi connectivity index (χ0) is 18.0. The van der Waals surface area contributed by atoms with Crippen LogP contribution in [0.25, 0.3) is 0 Å². The maximum atomic E-state index is 12.5. The summed E-state index contributed by atoms with van der Waals surface area (Å²) in [5.41, 5.74) is 5.76. The van der Waals surface area contributed by atoms with Gasteiger partial charge in [0.25, 0.3) is 0 Å². The highest BCUT2D eigenvalue weighted by atomic mass is 35.5. The molecule has 4 unspecified atom stereocenters. The van der Waals surface area contributed by atoms with Gasteiger partial charge in [0.1, 0.15) is 0 Å². The second kappa shape index (κ2) is 7.56. The van der Waals surface area contributed by atoms with Crippen LogP contribution in [0.5, 0.6) is 0 Å². The number of halogens is 1. The minimum atomic E-state index is -0.441. The molecule has 5 atom stereocenters. The van der Waals surface area contributed by atoms with E-state index in [1.807, 2.05) is 6.92 Å². The highest BCUT2D eigenvalue weighted by Gasteiger charge is 2.41. The molecular formula is C17H24ClN5O2. The molecule has 1 aliphatic heterocycles. The lowest BCUT2D eigenvalue weighted by Crippen LogP contribution is -2.55. The van der Waals surface area contributed by atoms with E-state index in [1.165, 1.54) is 0 Å². The zero-order valence-electron chi connectivity index (χ0n) is 14.2. The molecule has 136 valence electrons. The average molecular weight is 366 g/mol. The molecule has 1 aliphatic carbocycles. The molecule has 2 fully saturated rings. The highest BCUT2D eigenvalue weighted by Crippen LogP contribution is 2.36. The van der Waals surface area contributed by atoms with Crippen molar-refractivity contribution in [1.29, 1.82) is 0 Å². The molecule has 4 N–H and O–H groups in total. The number of nitrogens with one attached hydrogen (secondary N) is 2. The van der Waals surface area contributed by atoms with Crippen molar-refractivity contribution < 1.29 is 9.59 Å². The third-order valence-electron chi connectivity index (χ3n) is 5.17. The van der Waals surface area contributed by atoms with Crippen LogP contribution in [0.3, 0.4) is 0 Å². The summed E-state index contributed by atoms with van der Waals surface area (Å²) in [5, 5.41) is 6.55. The predicted molar refractivity (Wildman–Crippen MR) is 95.0 cm³/mol. The van der Waals surface area contributed by atoms with Crippen LogP contribution in [0.1, 0.15) is 38.3 Å². The van der Waals surface area contributed by atoms with Crippen molar-refractivity contribution in [2.24, 2.45) is 17.6 Å². The summed E-state index contributed by atoms with van der Waals surface area (Å²) in [5.74, 6) is 0.294. The van der Waals surface area contributed by atoms with E-state index in [0.717, 1.165) is 25.7 Å². The lowest BCUT2D eigenvalue weighted by atomic mass is 9.74. The van der Waals surface area contributed by atoms with E-state index in [1.54, 1.807) is 12.3 Å². The first-order valence-corrected chi connectivity index (χ1v) is 9.17. The summed E-state index contributed by atoms with van der Waals surface area (Å²) in [6.07, 6.45) is 5.32. The molecule has 8 heteroatoms. The Bertz CT molecular complexity index is 656. The van der Waals surface area contributed by atoms with Crippen LogP contribution in [0.2, 0.25) is 0 Å². The van der Waals surface area contributed by atoms with Crippen molar-refractivity contribution in [2.45, 2.75) is 56.5 Å². The molecule has 2 amide bonds. The van der Waals surface area contributed by atoms with E-state index in [9.17, 15) is 9.59 Å². The summed E-state index contributed by atoms with van der Waals surface area (Å²) >= 11 is 6.30. The normalized spacial score (nSPS) is 30.1. The van der Waals surface area contributed by atoms with E-state index in [4.69, 9.17) is 17.3 Å². The number of nitrogens with zero attached hydrogens (tertiary/aromatic N) is 2. The number of primary amides is 1. The van der Waals surface area contributed by atoms with Crippen molar-refractivity contribution in [3.63, 3.8) is 0 Å². The van der Waals surface area contributed by atoms with Crippen LogP contribution < -0.4 is 16.4 Å². The summed E-state index contributed by atoms with van der Waals surface area (Å²) < 4.78 is 0. The Morgan fingerprint density at radius 2 is 2.28 bits per heavy atom. The number of carbonyl (C=O) groups is 2. The number of carbonyl (C=O) groups excluding carboxylic acids is 2. The number of anilines is 1. The van der Waals surface area contributed by atoms with Crippen molar-refractivity contribution >= 4 is 29.4 Å². The molecular weight excluding hydrogens is 342 g/mol. The number of hydrogen-bond acceptors (Lipinski definition) is 5. The van der Waals surface area contributed by atoms with Gasteiger partial charge in [-0.25, -0.2) is 9.97 Å². The van der Waals surface area contributed by atoms with Gasteiger partial charge >= 0.3 is 0 Å². The van der Waals surface area contributed by atoms with E-state index in [-0.39, 0.29) is 35.7 Å². The first-order chi connectivity index (χ1) is 11.9. The topological polar surface area (TPSA) is 110 Å². The van der Waals surface area contributed by atoms with Crippen LogP contribution in [0, 0.1) is 11.8 Å². The standard InChI is InChI=1S/C17H24ClN5O2/c1-9(21-17-20-5-4-12(22-17)8-15(19)24)13-7-10-6-11(18)2-3-14(10)23-16(13)25/h4-5,9-11,13-14H,2-3,6-8H2,1H3,(H2,19,24)(H,23,25)(H,20,21,22)/t9-,10?,11?,13?,14?/m0/s1. The lowest BCUT2D eigenvalue weighted by molar-refractivity contribution is -0.130. The van der Waals surface area contributed by atoms with Crippen LogP contribution in [0.4, 0.5) is 5.95 Å². The third-order valence-corrected chi connectivity index (χ3v) is 5.56. The highest BCUT2D eigenvalue weighted by molar-refractivity contribution is 6.20. The van der Waals surface area contributed by atoms with Gasteiger partial charge in [-0.15, -0.1) is 11.6 Å². The first kappa shape index (κ1) is 17.9. The van der Waals surface area contributed by atoms with Gasteiger partial charge in [0.15, 0.2) is 0 Å². The van der Waals surface area contributed by atoms with Gasteiger partial charge in [-0.05, 0) is 44.6 Å². The summed E-state index contributed by atoms with van der Waals surface area (Å²) in [7, 11) is 0. The summed E-state index contributed by atoms with van der Waals surface area (Å²) in [4.78, 5) is 32.0. The van der Waals surface area contributed by atoms with E-state index in [0.29, 0.717) is 17.6 Å². The molecule has 1 saturated heterocycles. The van der Waals surface area contributed by atoms with Crippen molar-refractivity contribution in [2.75, 3.05) is 5.32 Å². The molecule has 0 bridgehead atoms. The average Bonchev–Trinajstić information content (AvgIpc) is 2.54. The Morgan fingerprint density at radius 1 is 1.48 bits per heavy atom. The number of piperidine rings is 1. The van der Waals surface area contributed by atoms with Gasteiger partial charge < -0.3 is 16.4 Å². The molecule has 1 aromatic rings. The van der Waals surface area contributed by atoms with Gasteiger partial charge in [-0.3, -0.25) is 9.59 Å². The van der Waals surface area contributed by atoms with Crippen LogP contribution in [-0.4, -0.2) is 39.2 Å². The number of rotatable bonds is 5. The van der Waals surface area contributed by atoms with Gasteiger partial charge in [0.05, 0.1) is 18.0 Å². The molecule has 0 radical (unpaired) electrons. The van der Waals surface area contributed by atoms with Crippen LogP contribution in [0.15, 0.2) is 12.3 Å². The number of amides is 2. The van der Waals surface area contributed by atoms with Crippen molar-refractivity contribution in [1.82, 2.24) is 15.3 Å². The molecule has 1 saturated carbocycles. The Morgan fingerprint density at radius 3 is 3.04 bits per heavy atom. The predicted octanol–water partition coefficient (Wildman–Crippen LogP) is 1.22. The molecule has 2 aliphatic rings. The summed E-state index contributed by atoms with van der Waals surface area (Å²) in [6.45, 7) is 1.95. The SMILES string of the molecule is C[C@H](Nc1nccc(CC(N)=O)n1)C1CC2CC(Cl)CCC2NC1=O. The first-order valence-electron chi connectivity index (χ1n) is 8.73. The minimum absolute atomic E-state index is 0.0658. The monoisotopic (exact) mass is 365 g/mol. The quantitative estimate of drug-likeness (QED) is 0.679. The van der Waals surface area contributed by atoms with Gasteiger partial charge in [0.2, 0.25) is 17.8 Å². The van der Waals surface area contributed by atoms with E-state index >= 15 is 0 Å². The Kier molecular flexibility index (Phi) is 5.42.